The molecule has 5 rings (SSSR count). The summed E-state index contributed by atoms with van der Waals surface area (Å²) < 4.78 is 37.6. The summed E-state index contributed by atoms with van der Waals surface area (Å²) in [6.07, 6.45) is 3.57. The molecule has 4 heteroatoms. The van der Waals surface area contributed by atoms with Crippen molar-refractivity contribution >= 4 is 0 Å². The van der Waals surface area contributed by atoms with Crippen LogP contribution < -0.4 is 9.47 Å². The van der Waals surface area contributed by atoms with Crippen LogP contribution in [0.2, 0.25) is 0 Å². The van der Waals surface area contributed by atoms with Crippen LogP contribution in [-0.2, 0) is 11.8 Å². The Bertz CT molecular complexity index is 829. The number of aliphatic hydroxyl groups excluding tert-OH is 1. The third kappa shape index (κ3) is 1.28. The molecule has 0 saturated carbocycles. The van der Waals surface area contributed by atoms with Crippen LogP contribution in [0, 0.1) is 5.92 Å². The molecule has 22 heavy (non-hydrogen) atoms. The lowest BCUT2D eigenvalue weighted by Crippen LogP contribution is -2.64. The highest BCUT2D eigenvalue weighted by molar-refractivity contribution is 5.62. The van der Waals surface area contributed by atoms with Crippen molar-refractivity contribution in [1.82, 2.24) is 4.90 Å². The van der Waals surface area contributed by atoms with Crippen LogP contribution in [0.1, 0.15) is 21.7 Å². The van der Waals surface area contributed by atoms with Gasteiger partial charge in [0.25, 0.3) is 0 Å². The van der Waals surface area contributed by atoms with Crippen LogP contribution in [-0.4, -0.2) is 48.9 Å². The lowest BCUT2D eigenvalue weighted by molar-refractivity contribution is -0.0453. The highest BCUT2D eigenvalue weighted by Gasteiger charge is 2.64. The minimum absolute atomic E-state index is 0.00322. The van der Waals surface area contributed by atoms with E-state index < -0.39 is 23.6 Å². The molecule has 0 amide bonds. The first-order valence-corrected chi connectivity index (χ1v) is 7.81. The van der Waals surface area contributed by atoms with Crippen molar-refractivity contribution in [3.8, 4) is 11.5 Å². The summed E-state index contributed by atoms with van der Waals surface area (Å²) in [5, 5.41) is 10.6. The minimum atomic E-state index is -0.901. The number of rotatable bonds is 1. The van der Waals surface area contributed by atoms with Crippen LogP contribution in [0.5, 0.6) is 11.5 Å². The van der Waals surface area contributed by atoms with Gasteiger partial charge in [0.15, 0.2) is 11.5 Å². The van der Waals surface area contributed by atoms with Gasteiger partial charge in [0.2, 0.25) is 0 Å². The van der Waals surface area contributed by atoms with Gasteiger partial charge in [0, 0.05) is 24.3 Å². The van der Waals surface area contributed by atoms with Crippen LogP contribution in [0.3, 0.4) is 0 Å². The summed E-state index contributed by atoms with van der Waals surface area (Å²) in [5.74, 6) is 0.652. The van der Waals surface area contributed by atoms with Crippen LogP contribution in [0.4, 0.5) is 0 Å². The number of likely N-dealkylation sites (tertiary alicyclic amines) is 1. The SMILES string of the molecule is [2H]c1c([2H])c(OC)c2c3c1C[C@]1([2H])[C@@H]4C=CC(O)C(O2)[C@]34CCN1C. The molecule has 2 aliphatic heterocycles. The molecule has 1 saturated heterocycles. The molecule has 5 atom stereocenters. The fourth-order valence-electron chi connectivity index (χ4n) is 4.95. The van der Waals surface area contributed by atoms with Gasteiger partial charge in [-0.3, -0.25) is 0 Å². The standard InChI is InChI=1S/C18H21NO3/c1-19-8-7-18-11-4-5-13(20)17(18)22-16-14(21-2)6-3-10(15(16)18)9-12(11)19/h3-6,11-13,17,20H,7-9H2,1-2H3/t11-,12+,13?,17?,18-/m0/s1/i3D,6D,12D. The molecule has 4 aliphatic rings. The maximum absolute atomic E-state index is 10.6. The lowest BCUT2D eigenvalue weighted by Gasteiger charge is -2.56. The fourth-order valence-corrected chi connectivity index (χ4v) is 4.95. The third-order valence-electron chi connectivity index (χ3n) is 5.92. The number of hydrogen-bond donors (Lipinski definition) is 1. The molecule has 0 aromatic heterocycles. The van der Waals surface area contributed by atoms with E-state index in [1.54, 1.807) is 6.08 Å². The maximum atomic E-state index is 10.6. The third-order valence-corrected chi connectivity index (χ3v) is 5.92. The number of likely N-dealkylation sites (N-methyl/N-ethyl adjacent to an activating group) is 1. The molecule has 2 aliphatic carbocycles. The van der Waals surface area contributed by atoms with Crippen molar-refractivity contribution in [1.29, 1.82) is 0 Å². The zero-order chi connectivity index (χ0) is 17.7. The van der Waals surface area contributed by atoms with E-state index >= 15 is 0 Å². The molecule has 2 heterocycles. The molecule has 2 bridgehead atoms. The molecular weight excluding hydrogens is 278 g/mol. The largest absolute Gasteiger partial charge is 0.493 e. The lowest BCUT2D eigenvalue weighted by atomic mass is 9.53. The van der Waals surface area contributed by atoms with Crippen LogP contribution in [0.15, 0.2) is 24.2 Å². The quantitative estimate of drug-likeness (QED) is 0.798. The normalized spacial score (nSPS) is 46.3. The summed E-state index contributed by atoms with van der Waals surface area (Å²) >= 11 is 0. The first-order valence-electron chi connectivity index (χ1n) is 9.31. The van der Waals surface area contributed by atoms with E-state index in [0.717, 1.165) is 18.5 Å². The zero-order valence-electron chi connectivity index (χ0n) is 15.7. The van der Waals surface area contributed by atoms with Gasteiger partial charge in [-0.15, -0.1) is 0 Å². The van der Waals surface area contributed by atoms with Crippen LogP contribution >= 0.6 is 0 Å². The van der Waals surface area contributed by atoms with Gasteiger partial charge in [-0.05, 0) is 38.0 Å². The second-order valence-corrected chi connectivity index (χ2v) is 6.74. The smallest absolute Gasteiger partial charge is 0.165 e. The maximum Gasteiger partial charge on any atom is 0.165 e. The number of piperidine rings is 1. The Kier molecular flexibility index (Phi) is 1.90. The van der Waals surface area contributed by atoms with E-state index in [-0.39, 0.29) is 23.8 Å². The molecule has 2 unspecified atom stereocenters. The van der Waals surface area contributed by atoms with E-state index in [1.807, 2.05) is 18.0 Å². The topological polar surface area (TPSA) is 41.9 Å². The van der Waals surface area contributed by atoms with Crippen molar-refractivity contribution in [2.24, 2.45) is 5.92 Å². The Hall–Kier alpha value is -1.52. The average molecular weight is 302 g/mol. The van der Waals surface area contributed by atoms with Gasteiger partial charge in [-0.25, -0.2) is 0 Å². The van der Waals surface area contributed by atoms with Gasteiger partial charge in [0.05, 0.1) is 9.85 Å². The predicted molar refractivity (Wildman–Crippen MR) is 82.5 cm³/mol. The van der Waals surface area contributed by atoms with Crippen molar-refractivity contribution in [2.75, 3.05) is 20.7 Å². The highest BCUT2D eigenvalue weighted by Crippen LogP contribution is 2.62. The van der Waals surface area contributed by atoms with E-state index in [2.05, 4.69) is 0 Å². The number of benzene rings is 1. The number of aliphatic hydroxyl groups is 1. The molecule has 0 radical (unpaired) electrons. The minimum Gasteiger partial charge on any atom is -0.493 e. The highest BCUT2D eigenvalue weighted by atomic mass is 16.5. The number of nitrogens with zero attached hydrogens (tertiary/aromatic N) is 1. The summed E-state index contributed by atoms with van der Waals surface area (Å²) in [7, 11) is 3.43. The Morgan fingerprint density at radius 1 is 1.50 bits per heavy atom. The second kappa shape index (κ2) is 4.06. The molecule has 1 fully saturated rings. The van der Waals surface area contributed by atoms with E-state index in [9.17, 15) is 6.48 Å². The monoisotopic (exact) mass is 302 g/mol. The zero-order valence-corrected chi connectivity index (χ0v) is 12.7. The molecule has 1 spiro atoms. The van der Waals surface area contributed by atoms with E-state index in [4.69, 9.17) is 12.2 Å². The Labute approximate surface area is 134 Å². The molecule has 1 aromatic carbocycles. The summed E-state index contributed by atoms with van der Waals surface area (Å²) in [6.45, 7) is 0.734. The van der Waals surface area contributed by atoms with E-state index in [0.29, 0.717) is 17.7 Å². The molecule has 4 nitrogen and oxygen atoms in total. The molecule has 1 aromatic rings. The summed E-state index contributed by atoms with van der Waals surface area (Å²) in [4.78, 5) is 2.04. The Morgan fingerprint density at radius 2 is 2.36 bits per heavy atom. The predicted octanol–water partition coefficient (Wildman–Crippen LogP) is 1.50. The number of methoxy groups -OCH3 is 1. The molecule has 116 valence electrons. The van der Waals surface area contributed by atoms with Gasteiger partial charge in [0.1, 0.15) is 12.2 Å². The van der Waals surface area contributed by atoms with Crippen molar-refractivity contribution in [3.05, 3.63) is 35.4 Å². The number of hydrogen-bond acceptors (Lipinski definition) is 4. The fraction of sp³-hybridized carbons (Fsp3) is 0.556. The summed E-state index contributed by atoms with van der Waals surface area (Å²) in [5.41, 5.74) is 1.09. The molecular formula is C18H21NO3. The van der Waals surface area contributed by atoms with Gasteiger partial charge in [-0.2, -0.15) is 0 Å². The van der Waals surface area contributed by atoms with Gasteiger partial charge < -0.3 is 19.5 Å². The van der Waals surface area contributed by atoms with Crippen molar-refractivity contribution in [2.45, 2.75) is 36.5 Å². The number of ether oxygens (including phenoxy) is 2. The Balaban J connectivity index is 1.91. The Morgan fingerprint density at radius 3 is 3.18 bits per heavy atom. The average Bonchev–Trinajstić information content (AvgIpc) is 2.92. The van der Waals surface area contributed by atoms with Crippen molar-refractivity contribution < 1.29 is 18.7 Å². The first-order chi connectivity index (χ1) is 11.9. The second-order valence-electron chi connectivity index (χ2n) is 6.74. The summed E-state index contributed by atoms with van der Waals surface area (Å²) in [6, 6.07) is -0.785. The van der Waals surface area contributed by atoms with Gasteiger partial charge >= 0.3 is 0 Å². The van der Waals surface area contributed by atoms with Crippen molar-refractivity contribution in [3.63, 3.8) is 0 Å². The van der Waals surface area contributed by atoms with Gasteiger partial charge in [-0.1, -0.05) is 18.2 Å². The molecule has 1 N–H and O–H groups in total. The first kappa shape index (κ1) is 10.3. The van der Waals surface area contributed by atoms with Crippen LogP contribution in [0.25, 0.3) is 0 Å². The van der Waals surface area contributed by atoms with E-state index in [1.165, 1.54) is 7.11 Å².